The minimum atomic E-state index is 0. The Morgan fingerprint density at radius 1 is 0.833 bits per heavy atom. The van der Waals surface area contributed by atoms with E-state index in [1.165, 1.54) is 0 Å². The summed E-state index contributed by atoms with van der Waals surface area (Å²) in [6.07, 6.45) is 7.35. The number of benzene rings is 2. The van der Waals surface area contributed by atoms with Gasteiger partial charge in [0.05, 0.1) is 11.0 Å². The van der Waals surface area contributed by atoms with E-state index in [1.807, 2.05) is 59.2 Å². The zero-order valence-corrected chi connectivity index (χ0v) is 13.6. The molecule has 0 amide bonds. The van der Waals surface area contributed by atoms with Crippen molar-refractivity contribution in [1.82, 2.24) is 19.5 Å². The number of rotatable bonds is 3. The maximum Gasteiger partial charge on any atom is 0.142 e. The Balaban J connectivity index is 0.00000169. The highest BCUT2D eigenvalue weighted by Gasteiger charge is 2.10. The molecule has 118 valence electrons. The van der Waals surface area contributed by atoms with E-state index in [0.29, 0.717) is 0 Å². The van der Waals surface area contributed by atoms with E-state index < -0.39 is 0 Å². The molecule has 0 fully saturated rings. The Kier molecular flexibility index (Phi) is 4.68. The van der Waals surface area contributed by atoms with Crippen LogP contribution in [0.5, 0.6) is 0 Å². The van der Waals surface area contributed by atoms with Crippen molar-refractivity contribution in [3.8, 4) is 5.82 Å². The molecule has 2 aromatic heterocycles. The first-order valence-corrected chi connectivity index (χ1v) is 7.39. The molecule has 2 heterocycles. The topological polar surface area (TPSA) is 43.6 Å². The van der Waals surface area contributed by atoms with Gasteiger partial charge in [0.1, 0.15) is 18.0 Å². The highest BCUT2D eigenvalue weighted by atomic mass is 35.5. The molecular weight excluding hydrogens is 320 g/mol. The summed E-state index contributed by atoms with van der Waals surface area (Å²) in [6, 6.07) is 20.1. The van der Waals surface area contributed by atoms with Crippen LogP contribution in [0.25, 0.3) is 29.0 Å². The van der Waals surface area contributed by atoms with E-state index in [4.69, 9.17) is 4.98 Å². The van der Waals surface area contributed by atoms with Crippen molar-refractivity contribution in [2.24, 2.45) is 0 Å². The van der Waals surface area contributed by atoms with Crippen LogP contribution >= 0.6 is 12.4 Å². The molecule has 24 heavy (non-hydrogen) atoms. The van der Waals surface area contributed by atoms with Gasteiger partial charge < -0.3 is 0 Å². The molecule has 0 unspecified atom stereocenters. The number of nitrogens with zero attached hydrogens (tertiary/aromatic N) is 4. The van der Waals surface area contributed by atoms with Crippen LogP contribution < -0.4 is 0 Å². The summed E-state index contributed by atoms with van der Waals surface area (Å²) >= 11 is 0. The molecule has 5 heteroatoms. The van der Waals surface area contributed by atoms with E-state index in [0.717, 1.165) is 28.2 Å². The normalized spacial score (nSPS) is 10.8. The molecule has 0 saturated heterocycles. The number of fused-ring (bicyclic) bond motifs is 1. The molecule has 0 aliphatic carbocycles. The van der Waals surface area contributed by atoms with Crippen LogP contribution in [-0.2, 0) is 0 Å². The van der Waals surface area contributed by atoms with Crippen molar-refractivity contribution >= 4 is 35.6 Å². The summed E-state index contributed by atoms with van der Waals surface area (Å²) in [5, 5.41) is 0. The highest BCUT2D eigenvalue weighted by Crippen LogP contribution is 2.21. The lowest BCUT2D eigenvalue weighted by molar-refractivity contribution is 0.981. The molecule has 4 nitrogen and oxygen atoms in total. The first-order valence-electron chi connectivity index (χ1n) is 7.39. The van der Waals surface area contributed by atoms with Crippen LogP contribution in [0.3, 0.4) is 0 Å². The van der Waals surface area contributed by atoms with E-state index in [2.05, 4.69) is 28.2 Å². The fourth-order valence-corrected chi connectivity index (χ4v) is 2.55. The van der Waals surface area contributed by atoms with Crippen molar-refractivity contribution in [3.05, 3.63) is 84.6 Å². The fourth-order valence-electron chi connectivity index (χ4n) is 2.55. The van der Waals surface area contributed by atoms with Crippen molar-refractivity contribution in [3.63, 3.8) is 0 Å². The predicted octanol–water partition coefficient (Wildman–Crippen LogP) is 4.41. The van der Waals surface area contributed by atoms with Gasteiger partial charge in [-0.25, -0.2) is 15.0 Å². The van der Waals surface area contributed by atoms with Gasteiger partial charge in [0.15, 0.2) is 0 Å². The third kappa shape index (κ3) is 3.05. The smallest absolute Gasteiger partial charge is 0.142 e. The number of hydrogen-bond donors (Lipinski definition) is 0. The van der Waals surface area contributed by atoms with Crippen LogP contribution in [0.4, 0.5) is 0 Å². The molecule has 0 radical (unpaired) electrons. The van der Waals surface area contributed by atoms with Gasteiger partial charge in [-0.1, -0.05) is 48.5 Å². The van der Waals surface area contributed by atoms with Gasteiger partial charge in [0.25, 0.3) is 0 Å². The molecule has 0 atom stereocenters. The number of imidazole rings is 1. The maximum absolute atomic E-state index is 4.72. The number of halogens is 1. The average molecular weight is 335 g/mol. The molecule has 0 bridgehead atoms. The quantitative estimate of drug-likeness (QED) is 0.557. The van der Waals surface area contributed by atoms with Crippen LogP contribution in [-0.4, -0.2) is 19.5 Å². The Hall–Kier alpha value is -2.98. The summed E-state index contributed by atoms with van der Waals surface area (Å²) in [7, 11) is 0. The van der Waals surface area contributed by atoms with Crippen LogP contribution in [0, 0.1) is 0 Å². The summed E-state index contributed by atoms with van der Waals surface area (Å²) in [6.45, 7) is 0. The zero-order valence-electron chi connectivity index (χ0n) is 12.8. The second-order valence-corrected chi connectivity index (χ2v) is 5.11. The maximum atomic E-state index is 4.72. The first-order chi connectivity index (χ1) is 11.4. The zero-order chi connectivity index (χ0) is 15.5. The number of para-hydroxylation sites is 2. The highest BCUT2D eigenvalue weighted by molar-refractivity contribution is 5.85. The van der Waals surface area contributed by atoms with Gasteiger partial charge in [-0.2, -0.15) is 0 Å². The van der Waals surface area contributed by atoms with Crippen molar-refractivity contribution in [1.29, 1.82) is 0 Å². The number of aromatic nitrogens is 4. The van der Waals surface area contributed by atoms with E-state index >= 15 is 0 Å². The third-order valence-electron chi connectivity index (χ3n) is 3.61. The van der Waals surface area contributed by atoms with Crippen molar-refractivity contribution in [2.75, 3.05) is 0 Å². The Bertz CT molecular complexity index is 963. The molecule has 0 aliphatic rings. The van der Waals surface area contributed by atoms with Crippen LogP contribution in [0.2, 0.25) is 0 Å². The molecule has 0 saturated carbocycles. The summed E-state index contributed by atoms with van der Waals surface area (Å²) in [5.74, 6) is 1.65. The van der Waals surface area contributed by atoms with Gasteiger partial charge in [-0.05, 0) is 29.8 Å². The number of hydrogen-bond acceptors (Lipinski definition) is 3. The van der Waals surface area contributed by atoms with E-state index in [9.17, 15) is 0 Å². The molecule has 0 spiro atoms. The molecule has 2 aromatic carbocycles. The van der Waals surface area contributed by atoms with Gasteiger partial charge in [-0.3, -0.25) is 4.57 Å². The SMILES string of the molecule is C(=Cc1nc2ccccc2n1-c1ccncn1)c1ccccc1.Cl. The van der Waals surface area contributed by atoms with E-state index in [1.54, 1.807) is 12.5 Å². The van der Waals surface area contributed by atoms with Gasteiger partial charge in [0.2, 0.25) is 0 Å². The average Bonchev–Trinajstić information content (AvgIpc) is 3.00. The Morgan fingerprint density at radius 3 is 2.42 bits per heavy atom. The largest absolute Gasteiger partial charge is 0.277 e. The lowest BCUT2D eigenvalue weighted by atomic mass is 10.2. The van der Waals surface area contributed by atoms with Gasteiger partial charge in [0, 0.05) is 6.20 Å². The first kappa shape index (κ1) is 15.9. The minimum Gasteiger partial charge on any atom is -0.277 e. The molecule has 4 aromatic rings. The van der Waals surface area contributed by atoms with Crippen LogP contribution in [0.15, 0.2) is 73.2 Å². The van der Waals surface area contributed by atoms with E-state index in [-0.39, 0.29) is 12.4 Å². The summed E-state index contributed by atoms with van der Waals surface area (Å²) < 4.78 is 2.04. The van der Waals surface area contributed by atoms with Gasteiger partial charge in [-0.15, -0.1) is 12.4 Å². The third-order valence-corrected chi connectivity index (χ3v) is 3.61. The summed E-state index contributed by atoms with van der Waals surface area (Å²) in [5.41, 5.74) is 3.10. The lowest BCUT2D eigenvalue weighted by Crippen LogP contribution is -1.99. The van der Waals surface area contributed by atoms with Crippen molar-refractivity contribution in [2.45, 2.75) is 0 Å². The summed E-state index contributed by atoms with van der Waals surface area (Å²) in [4.78, 5) is 13.1. The Morgan fingerprint density at radius 2 is 1.62 bits per heavy atom. The lowest BCUT2D eigenvalue weighted by Gasteiger charge is -2.05. The standard InChI is InChI=1S/C19H14N4.ClH/c1-2-6-15(7-3-1)10-11-19-22-16-8-4-5-9-17(16)23(19)18-12-13-20-14-21-18;/h1-14H;1H. The molecular formula is C19H15ClN4. The second kappa shape index (κ2) is 7.06. The Labute approximate surface area is 145 Å². The second-order valence-electron chi connectivity index (χ2n) is 5.11. The minimum absolute atomic E-state index is 0. The monoisotopic (exact) mass is 334 g/mol. The predicted molar refractivity (Wildman–Crippen MR) is 99.3 cm³/mol. The molecule has 4 rings (SSSR count). The fraction of sp³-hybridized carbons (Fsp3) is 0. The van der Waals surface area contributed by atoms with Crippen molar-refractivity contribution < 1.29 is 0 Å². The molecule has 0 aliphatic heterocycles. The van der Waals surface area contributed by atoms with Crippen LogP contribution in [0.1, 0.15) is 11.4 Å². The van der Waals surface area contributed by atoms with Gasteiger partial charge >= 0.3 is 0 Å². The molecule has 0 N–H and O–H groups in total.